The molecule has 0 amide bonds. The number of fused-ring (bicyclic) bond motifs is 1. The van der Waals surface area contributed by atoms with Crippen molar-refractivity contribution in [1.29, 1.82) is 0 Å². The molecular weight excluding hydrogens is 304 g/mol. The molecule has 0 spiro atoms. The average molecular weight is 319 g/mol. The first-order chi connectivity index (χ1) is 8.95. The molecule has 0 saturated heterocycles. The summed E-state index contributed by atoms with van der Waals surface area (Å²) in [6.07, 6.45) is 0.612. The highest BCUT2D eigenvalue weighted by Gasteiger charge is 2.22. The molecule has 2 rings (SSSR count). The Hall–Kier alpha value is -0.660. The quantitative estimate of drug-likeness (QED) is 0.832. The van der Waals surface area contributed by atoms with Crippen LogP contribution in [0.5, 0.6) is 0 Å². The maximum atomic E-state index is 12.3. The summed E-state index contributed by atoms with van der Waals surface area (Å²) in [4.78, 5) is 1.09. The third-order valence-electron chi connectivity index (χ3n) is 2.71. The van der Waals surface area contributed by atoms with E-state index in [1.54, 1.807) is 19.1 Å². The van der Waals surface area contributed by atoms with Gasteiger partial charge in [0.05, 0.1) is 0 Å². The average Bonchev–Trinajstić information content (AvgIpc) is 2.65. The highest BCUT2D eigenvalue weighted by atomic mass is 35.5. The van der Waals surface area contributed by atoms with Gasteiger partial charge in [-0.1, -0.05) is 11.6 Å². The van der Waals surface area contributed by atoms with Gasteiger partial charge in [0.25, 0.3) is 0 Å². The Balaban J connectivity index is 2.49. The van der Waals surface area contributed by atoms with Gasteiger partial charge >= 0.3 is 0 Å². The van der Waals surface area contributed by atoms with Crippen LogP contribution in [-0.4, -0.2) is 21.5 Å². The van der Waals surface area contributed by atoms with Crippen LogP contribution in [0.2, 0.25) is 5.02 Å². The highest BCUT2D eigenvalue weighted by Crippen LogP contribution is 2.35. The van der Waals surface area contributed by atoms with Crippen molar-refractivity contribution in [2.24, 2.45) is 5.73 Å². The van der Waals surface area contributed by atoms with Crippen molar-refractivity contribution in [3.63, 3.8) is 0 Å². The predicted octanol–water partition coefficient (Wildman–Crippen LogP) is 2.49. The minimum Gasteiger partial charge on any atom is -0.330 e. The van der Waals surface area contributed by atoms with E-state index in [4.69, 9.17) is 17.3 Å². The van der Waals surface area contributed by atoms with Crippen molar-refractivity contribution >= 4 is 43.0 Å². The number of nitrogens with one attached hydrogen (secondary N) is 1. The van der Waals surface area contributed by atoms with Crippen LogP contribution in [0.15, 0.2) is 23.1 Å². The molecular formula is C12H15ClN2O2S2. The first-order valence-corrected chi connectivity index (χ1v) is 8.52. The van der Waals surface area contributed by atoms with Crippen LogP contribution >= 0.6 is 22.9 Å². The molecule has 0 bridgehead atoms. The van der Waals surface area contributed by atoms with Gasteiger partial charge in [0.2, 0.25) is 10.0 Å². The summed E-state index contributed by atoms with van der Waals surface area (Å²) >= 11 is 7.40. The van der Waals surface area contributed by atoms with E-state index in [9.17, 15) is 8.42 Å². The van der Waals surface area contributed by atoms with Gasteiger partial charge in [0.15, 0.2) is 0 Å². The van der Waals surface area contributed by atoms with Crippen LogP contribution in [0.4, 0.5) is 0 Å². The van der Waals surface area contributed by atoms with Gasteiger partial charge in [-0.3, -0.25) is 0 Å². The lowest BCUT2D eigenvalue weighted by Gasteiger charge is -2.06. The Kier molecular flexibility index (Phi) is 4.47. The van der Waals surface area contributed by atoms with Crippen molar-refractivity contribution in [3.05, 3.63) is 28.1 Å². The zero-order valence-electron chi connectivity index (χ0n) is 10.4. The summed E-state index contributed by atoms with van der Waals surface area (Å²) in [7, 11) is -3.52. The van der Waals surface area contributed by atoms with E-state index in [-0.39, 0.29) is 0 Å². The van der Waals surface area contributed by atoms with Crippen LogP contribution < -0.4 is 10.5 Å². The Labute approximate surface area is 121 Å². The molecule has 0 aliphatic heterocycles. The minimum absolute atomic E-state index is 0.326. The highest BCUT2D eigenvalue weighted by molar-refractivity contribution is 7.90. The van der Waals surface area contributed by atoms with Gasteiger partial charge in [-0.25, -0.2) is 13.1 Å². The largest absolute Gasteiger partial charge is 0.330 e. The van der Waals surface area contributed by atoms with Crippen LogP contribution in [0, 0.1) is 6.92 Å². The normalized spacial score (nSPS) is 12.2. The third kappa shape index (κ3) is 3.09. The summed E-state index contributed by atoms with van der Waals surface area (Å²) in [5, 5.41) is 1.21. The SMILES string of the molecule is Cc1sc2ccc(Cl)cc2c1S(=O)(=O)NCCCN. The summed E-state index contributed by atoms with van der Waals surface area (Å²) in [5.74, 6) is 0. The lowest BCUT2D eigenvalue weighted by atomic mass is 10.2. The van der Waals surface area contributed by atoms with Crippen LogP contribution in [-0.2, 0) is 10.0 Å². The second-order valence-corrected chi connectivity index (χ2v) is 7.56. The van der Waals surface area contributed by atoms with E-state index in [1.807, 2.05) is 6.07 Å². The Bertz CT molecular complexity index is 695. The zero-order valence-corrected chi connectivity index (χ0v) is 12.8. The standard InChI is InChI=1S/C12H15ClN2O2S2/c1-8-12(19(16,17)15-6-2-5-14)10-7-9(13)3-4-11(10)18-8/h3-4,7,15H,2,5-6,14H2,1H3. The number of halogens is 1. The van der Waals surface area contributed by atoms with Gasteiger partial charge in [-0.2, -0.15) is 0 Å². The minimum atomic E-state index is -3.52. The van der Waals surface area contributed by atoms with E-state index < -0.39 is 10.0 Å². The summed E-state index contributed by atoms with van der Waals surface area (Å²) in [6, 6.07) is 5.30. The third-order valence-corrected chi connectivity index (χ3v) is 5.81. The molecule has 3 N–H and O–H groups in total. The molecule has 0 radical (unpaired) electrons. The van der Waals surface area contributed by atoms with Crippen molar-refractivity contribution in [1.82, 2.24) is 4.72 Å². The lowest BCUT2D eigenvalue weighted by molar-refractivity contribution is 0.580. The van der Waals surface area contributed by atoms with Gasteiger partial charge < -0.3 is 5.73 Å². The molecule has 4 nitrogen and oxygen atoms in total. The lowest BCUT2D eigenvalue weighted by Crippen LogP contribution is -2.26. The van der Waals surface area contributed by atoms with Gasteiger partial charge in [0, 0.05) is 26.5 Å². The number of aryl methyl sites for hydroxylation is 1. The second-order valence-electron chi connectivity index (χ2n) is 4.17. The molecule has 1 aromatic carbocycles. The van der Waals surface area contributed by atoms with E-state index in [2.05, 4.69) is 4.72 Å². The first-order valence-electron chi connectivity index (χ1n) is 5.84. The van der Waals surface area contributed by atoms with Gasteiger partial charge in [-0.05, 0) is 38.1 Å². The molecule has 0 aliphatic carbocycles. The molecule has 2 aromatic rings. The summed E-state index contributed by atoms with van der Waals surface area (Å²) < 4.78 is 28.1. The van der Waals surface area contributed by atoms with Crippen LogP contribution in [0.3, 0.4) is 0 Å². The van der Waals surface area contributed by atoms with E-state index >= 15 is 0 Å². The molecule has 0 saturated carbocycles. The molecule has 19 heavy (non-hydrogen) atoms. The van der Waals surface area contributed by atoms with Crippen molar-refractivity contribution < 1.29 is 8.42 Å². The number of hydrogen-bond donors (Lipinski definition) is 2. The zero-order chi connectivity index (χ0) is 14.0. The Morgan fingerprint density at radius 2 is 2.16 bits per heavy atom. The fourth-order valence-corrected chi connectivity index (χ4v) is 4.91. The Morgan fingerprint density at radius 1 is 1.42 bits per heavy atom. The van der Waals surface area contributed by atoms with Crippen molar-refractivity contribution in [2.75, 3.05) is 13.1 Å². The second kappa shape index (κ2) is 5.76. The number of benzene rings is 1. The molecule has 1 aromatic heterocycles. The smallest absolute Gasteiger partial charge is 0.242 e. The molecule has 104 valence electrons. The van der Waals surface area contributed by atoms with E-state index in [0.717, 1.165) is 9.58 Å². The van der Waals surface area contributed by atoms with E-state index in [0.29, 0.717) is 34.8 Å². The van der Waals surface area contributed by atoms with Crippen molar-refractivity contribution in [2.45, 2.75) is 18.2 Å². The molecule has 0 atom stereocenters. The molecule has 7 heteroatoms. The molecule has 1 heterocycles. The first kappa shape index (κ1) is 14.7. The predicted molar refractivity (Wildman–Crippen MR) is 80.4 cm³/mol. The summed E-state index contributed by atoms with van der Waals surface area (Å²) in [6.45, 7) is 2.60. The Morgan fingerprint density at radius 3 is 2.84 bits per heavy atom. The topological polar surface area (TPSA) is 72.2 Å². The maximum Gasteiger partial charge on any atom is 0.242 e. The van der Waals surface area contributed by atoms with Gasteiger partial charge in [0.1, 0.15) is 4.90 Å². The number of nitrogens with two attached hydrogens (primary N) is 1. The number of sulfonamides is 1. The van der Waals surface area contributed by atoms with Gasteiger partial charge in [-0.15, -0.1) is 11.3 Å². The van der Waals surface area contributed by atoms with Crippen LogP contribution in [0.1, 0.15) is 11.3 Å². The molecule has 0 unspecified atom stereocenters. The summed E-state index contributed by atoms with van der Waals surface area (Å²) in [5.41, 5.74) is 5.37. The maximum absolute atomic E-state index is 12.3. The fraction of sp³-hybridized carbons (Fsp3) is 0.333. The molecule has 0 aliphatic rings. The van der Waals surface area contributed by atoms with E-state index in [1.165, 1.54) is 11.3 Å². The number of hydrogen-bond acceptors (Lipinski definition) is 4. The number of rotatable bonds is 5. The monoisotopic (exact) mass is 318 g/mol. The van der Waals surface area contributed by atoms with Crippen molar-refractivity contribution in [3.8, 4) is 0 Å². The number of thiophene rings is 1. The fourth-order valence-electron chi connectivity index (χ4n) is 1.88. The molecule has 0 fully saturated rings. The van der Waals surface area contributed by atoms with Crippen LogP contribution in [0.25, 0.3) is 10.1 Å².